The summed E-state index contributed by atoms with van der Waals surface area (Å²) in [5.41, 5.74) is 7.99. The molecule has 0 aromatic carbocycles. The number of azide groups is 1. The molecule has 6 nitrogen and oxygen atoms in total. The molecule has 0 amide bonds. The first-order chi connectivity index (χ1) is 7.20. The van der Waals surface area contributed by atoms with E-state index < -0.39 is 19.3 Å². The van der Waals surface area contributed by atoms with Crippen LogP contribution in [0.4, 0.5) is 4.39 Å². The Morgan fingerprint density at radius 2 is 1.87 bits per heavy atom. The minimum absolute atomic E-state index is 0.00656. The van der Waals surface area contributed by atoms with E-state index in [-0.39, 0.29) is 19.8 Å². The molecule has 0 aromatic rings. The maximum absolute atomic E-state index is 11.7. The van der Waals surface area contributed by atoms with Crippen LogP contribution >= 0.6 is 0 Å². The van der Waals surface area contributed by atoms with Crippen LogP contribution in [0, 0.1) is 0 Å². The van der Waals surface area contributed by atoms with Gasteiger partial charge in [-0.05, 0) is 19.4 Å². The monoisotopic (exact) mass is 221 g/mol. The maximum Gasteiger partial charge on any atom is 0.158 e. The first-order valence-corrected chi connectivity index (χ1v) is 4.66. The van der Waals surface area contributed by atoms with Crippen molar-refractivity contribution in [2.45, 2.75) is 26.4 Å². The van der Waals surface area contributed by atoms with E-state index in [1.54, 1.807) is 13.8 Å². The Hall–Kier alpha value is -0.880. The van der Waals surface area contributed by atoms with Gasteiger partial charge in [0.05, 0.1) is 13.2 Å². The van der Waals surface area contributed by atoms with Gasteiger partial charge in [-0.2, -0.15) is 0 Å². The van der Waals surface area contributed by atoms with Crippen molar-refractivity contribution < 1.29 is 18.6 Å². The van der Waals surface area contributed by atoms with Gasteiger partial charge >= 0.3 is 0 Å². The number of halogens is 1. The van der Waals surface area contributed by atoms with Crippen molar-refractivity contribution in [1.29, 1.82) is 0 Å². The summed E-state index contributed by atoms with van der Waals surface area (Å²) in [7, 11) is 0. The van der Waals surface area contributed by atoms with E-state index >= 15 is 0 Å². The van der Waals surface area contributed by atoms with Crippen LogP contribution in [0.5, 0.6) is 0 Å². The van der Waals surface area contributed by atoms with Gasteiger partial charge in [-0.15, -0.1) is 0 Å². The zero-order chi connectivity index (χ0) is 11.5. The minimum atomic E-state index is -0.542. The Balaban J connectivity index is 3.45. The normalized spacial score (nSPS) is 14.3. The molecule has 0 N–H and O–H groups in total. The molecule has 2 unspecified atom stereocenters. The van der Waals surface area contributed by atoms with Gasteiger partial charge in [0.15, 0.2) is 12.6 Å². The third-order valence-electron chi connectivity index (χ3n) is 1.42. The van der Waals surface area contributed by atoms with Gasteiger partial charge in [0.25, 0.3) is 0 Å². The summed E-state index contributed by atoms with van der Waals surface area (Å²) in [5, 5.41) is 3.29. The lowest BCUT2D eigenvalue weighted by Gasteiger charge is -2.18. The first-order valence-electron chi connectivity index (χ1n) is 4.66. The second kappa shape index (κ2) is 9.67. The van der Waals surface area contributed by atoms with Crippen molar-refractivity contribution in [1.82, 2.24) is 0 Å². The molecule has 0 saturated heterocycles. The molecule has 0 rings (SSSR count). The lowest BCUT2D eigenvalue weighted by Crippen LogP contribution is -2.23. The number of hydrogen-bond donors (Lipinski definition) is 0. The Kier molecular flexibility index (Phi) is 9.10. The van der Waals surface area contributed by atoms with E-state index in [1.807, 2.05) is 0 Å². The van der Waals surface area contributed by atoms with Crippen LogP contribution in [-0.2, 0) is 14.2 Å². The molecule has 0 aliphatic heterocycles. The SMILES string of the molecule is CC(OCCF)OC(C)OCCN=[N+]=[N-]. The molecule has 2 atom stereocenters. The molecule has 0 spiro atoms. The fraction of sp³-hybridized carbons (Fsp3) is 1.00. The van der Waals surface area contributed by atoms with Crippen LogP contribution in [0.25, 0.3) is 10.4 Å². The van der Waals surface area contributed by atoms with Crippen LogP contribution in [0.1, 0.15) is 13.8 Å². The first kappa shape index (κ1) is 14.1. The molecule has 7 heteroatoms. The van der Waals surface area contributed by atoms with Crippen LogP contribution in [-0.4, -0.2) is 39.0 Å². The van der Waals surface area contributed by atoms with Crippen molar-refractivity contribution in [3.05, 3.63) is 10.4 Å². The number of alkyl halides is 1. The quantitative estimate of drug-likeness (QED) is 0.196. The second-order valence-corrected chi connectivity index (χ2v) is 2.66. The smallest absolute Gasteiger partial charge is 0.158 e. The topological polar surface area (TPSA) is 76.5 Å². The van der Waals surface area contributed by atoms with Crippen molar-refractivity contribution >= 4 is 0 Å². The predicted octanol–water partition coefficient (Wildman–Crippen LogP) is 2.01. The highest BCUT2D eigenvalue weighted by molar-refractivity contribution is 4.45. The van der Waals surface area contributed by atoms with Gasteiger partial charge in [-0.1, -0.05) is 5.11 Å². The average molecular weight is 221 g/mol. The molecule has 15 heavy (non-hydrogen) atoms. The zero-order valence-corrected chi connectivity index (χ0v) is 8.93. The van der Waals surface area contributed by atoms with Gasteiger partial charge in [0.1, 0.15) is 6.67 Å². The number of hydrogen-bond acceptors (Lipinski definition) is 4. The molecular weight excluding hydrogens is 205 g/mol. The Morgan fingerprint density at radius 1 is 1.27 bits per heavy atom. The number of nitrogens with zero attached hydrogens (tertiary/aromatic N) is 3. The summed E-state index contributed by atoms with van der Waals surface area (Å²) in [6, 6.07) is 0. The fourth-order valence-corrected chi connectivity index (χ4v) is 0.863. The maximum atomic E-state index is 11.7. The van der Waals surface area contributed by atoms with Crippen molar-refractivity contribution in [3.63, 3.8) is 0 Å². The molecule has 88 valence electrons. The summed E-state index contributed by atoms with van der Waals surface area (Å²) in [4.78, 5) is 2.57. The molecule has 0 fully saturated rings. The summed E-state index contributed by atoms with van der Waals surface area (Å²) < 4.78 is 27.0. The van der Waals surface area contributed by atoms with Crippen LogP contribution in [0.15, 0.2) is 5.11 Å². The highest BCUT2D eigenvalue weighted by Gasteiger charge is 2.08. The molecular formula is C8H16FN3O3. The Labute approximate surface area is 87.9 Å². The molecule has 0 radical (unpaired) electrons. The van der Waals surface area contributed by atoms with E-state index in [4.69, 9.17) is 19.7 Å². The van der Waals surface area contributed by atoms with Crippen molar-refractivity contribution in [2.75, 3.05) is 26.4 Å². The highest BCUT2D eigenvalue weighted by atomic mass is 19.1. The molecule has 0 aliphatic carbocycles. The summed E-state index contributed by atoms with van der Waals surface area (Å²) in [5.74, 6) is 0. The highest BCUT2D eigenvalue weighted by Crippen LogP contribution is 2.01. The zero-order valence-electron chi connectivity index (χ0n) is 8.93. The third-order valence-corrected chi connectivity index (χ3v) is 1.42. The lowest BCUT2D eigenvalue weighted by atomic mass is 10.6. The standard InChI is InChI=1S/C8H16FN3O3/c1-7(13-5-3-9)15-8(2)14-6-4-11-12-10/h7-8H,3-6H2,1-2H3. The molecule has 0 saturated carbocycles. The second-order valence-electron chi connectivity index (χ2n) is 2.66. The van der Waals surface area contributed by atoms with Gasteiger partial charge < -0.3 is 14.2 Å². The van der Waals surface area contributed by atoms with Gasteiger partial charge in [0, 0.05) is 11.5 Å². The van der Waals surface area contributed by atoms with E-state index in [2.05, 4.69) is 10.0 Å². The fourth-order valence-electron chi connectivity index (χ4n) is 0.863. The van der Waals surface area contributed by atoms with Crippen LogP contribution in [0.2, 0.25) is 0 Å². The summed E-state index contributed by atoms with van der Waals surface area (Å²) >= 11 is 0. The van der Waals surface area contributed by atoms with Crippen molar-refractivity contribution in [2.24, 2.45) is 5.11 Å². The number of ether oxygens (including phenoxy) is 3. The molecule has 0 heterocycles. The van der Waals surface area contributed by atoms with Gasteiger partial charge in [-0.25, -0.2) is 4.39 Å². The van der Waals surface area contributed by atoms with Gasteiger partial charge in [0.2, 0.25) is 0 Å². The summed E-state index contributed by atoms with van der Waals surface area (Å²) in [6.07, 6.45) is -0.997. The average Bonchev–Trinajstić information content (AvgIpc) is 2.21. The minimum Gasteiger partial charge on any atom is -0.353 e. The van der Waals surface area contributed by atoms with Crippen LogP contribution in [0.3, 0.4) is 0 Å². The van der Waals surface area contributed by atoms with E-state index in [0.717, 1.165) is 0 Å². The summed E-state index contributed by atoms with van der Waals surface area (Å²) in [6.45, 7) is 3.34. The predicted molar refractivity (Wildman–Crippen MR) is 51.9 cm³/mol. The Bertz CT molecular complexity index is 200. The molecule has 0 aliphatic rings. The Morgan fingerprint density at radius 3 is 2.40 bits per heavy atom. The van der Waals surface area contributed by atoms with Gasteiger partial charge in [-0.3, -0.25) is 0 Å². The largest absolute Gasteiger partial charge is 0.353 e. The van der Waals surface area contributed by atoms with Crippen LogP contribution < -0.4 is 0 Å². The van der Waals surface area contributed by atoms with E-state index in [1.165, 1.54) is 0 Å². The van der Waals surface area contributed by atoms with Crippen molar-refractivity contribution in [3.8, 4) is 0 Å². The van der Waals surface area contributed by atoms with E-state index in [0.29, 0.717) is 0 Å². The lowest BCUT2D eigenvalue weighted by molar-refractivity contribution is -0.231. The van der Waals surface area contributed by atoms with E-state index in [9.17, 15) is 4.39 Å². The number of rotatable bonds is 9. The third kappa shape index (κ3) is 9.42. The molecule has 0 aromatic heterocycles. The molecule has 0 bridgehead atoms.